The molecule has 1 aromatic heterocycles. The Morgan fingerprint density at radius 3 is 2.33 bits per heavy atom. The number of fused-ring (bicyclic) bond motifs is 2. The number of amides is 1. The molecule has 0 radical (unpaired) electrons. The summed E-state index contributed by atoms with van der Waals surface area (Å²) in [4.78, 5) is 24.6. The number of piperazine rings is 1. The lowest BCUT2D eigenvalue weighted by Crippen LogP contribution is -2.50. The zero-order valence-electron chi connectivity index (χ0n) is 15.7. The smallest absolute Gasteiger partial charge is 0.410 e. The molecule has 1 amide bonds. The van der Waals surface area contributed by atoms with Crippen molar-refractivity contribution in [3.63, 3.8) is 0 Å². The molecule has 6 nitrogen and oxygen atoms in total. The Kier molecular flexibility index (Phi) is 4.25. The summed E-state index contributed by atoms with van der Waals surface area (Å²) < 4.78 is 18.5. The quantitative estimate of drug-likeness (QED) is 0.810. The van der Waals surface area contributed by atoms with Crippen LogP contribution < -0.4 is 4.90 Å². The van der Waals surface area contributed by atoms with E-state index in [2.05, 4.69) is 14.9 Å². The van der Waals surface area contributed by atoms with Gasteiger partial charge in [0.25, 0.3) is 0 Å². The number of rotatable bonds is 2. The maximum absolute atomic E-state index is 13.0. The van der Waals surface area contributed by atoms with Crippen LogP contribution in [0.2, 0.25) is 0 Å². The molecule has 2 fully saturated rings. The molecule has 0 N–H and O–H groups in total. The molecule has 0 spiro atoms. The second-order valence-electron chi connectivity index (χ2n) is 8.10. The minimum Gasteiger partial charge on any atom is -0.444 e. The molecule has 7 heteroatoms. The van der Waals surface area contributed by atoms with E-state index in [1.807, 2.05) is 49.9 Å². The Hall–Kier alpha value is -2.70. The molecule has 0 saturated carbocycles. The Labute approximate surface area is 158 Å². The van der Waals surface area contributed by atoms with Gasteiger partial charge in [0.1, 0.15) is 5.60 Å². The lowest BCUT2D eigenvalue weighted by molar-refractivity contribution is 0.0215. The van der Waals surface area contributed by atoms with Crippen molar-refractivity contribution in [1.82, 2.24) is 14.9 Å². The van der Waals surface area contributed by atoms with Gasteiger partial charge in [-0.05, 0) is 51.5 Å². The van der Waals surface area contributed by atoms with Crippen molar-refractivity contribution < 1.29 is 13.9 Å². The highest BCUT2D eigenvalue weighted by molar-refractivity contribution is 5.70. The van der Waals surface area contributed by atoms with Gasteiger partial charge < -0.3 is 14.5 Å². The molecule has 0 aliphatic carbocycles. The van der Waals surface area contributed by atoms with Gasteiger partial charge in [0.05, 0.1) is 18.4 Å². The van der Waals surface area contributed by atoms with Gasteiger partial charge >= 0.3 is 6.09 Å². The van der Waals surface area contributed by atoms with Crippen molar-refractivity contribution >= 4 is 11.8 Å². The third kappa shape index (κ3) is 3.59. The number of benzene rings is 1. The first-order valence-electron chi connectivity index (χ1n) is 9.14. The van der Waals surface area contributed by atoms with Crippen LogP contribution in [0.1, 0.15) is 27.2 Å². The van der Waals surface area contributed by atoms with Gasteiger partial charge in [-0.15, -0.1) is 0 Å². The third-order valence-electron chi connectivity index (χ3n) is 4.95. The van der Waals surface area contributed by atoms with Crippen molar-refractivity contribution in [2.75, 3.05) is 18.0 Å². The molecule has 3 heterocycles. The highest BCUT2D eigenvalue weighted by Crippen LogP contribution is 2.35. The zero-order valence-corrected chi connectivity index (χ0v) is 15.7. The van der Waals surface area contributed by atoms with Crippen molar-refractivity contribution in [2.45, 2.75) is 44.9 Å². The lowest BCUT2D eigenvalue weighted by Gasteiger charge is -2.36. The molecule has 142 valence electrons. The first-order valence-corrected chi connectivity index (χ1v) is 9.14. The number of carbonyl (C=O) groups is 1. The monoisotopic (exact) mass is 370 g/mol. The molecule has 2 saturated heterocycles. The van der Waals surface area contributed by atoms with Crippen LogP contribution in [0.3, 0.4) is 0 Å². The number of aromatic nitrogens is 2. The molecule has 2 aromatic rings. The minimum atomic E-state index is -0.475. The van der Waals surface area contributed by atoms with Gasteiger partial charge in [-0.2, -0.15) is 0 Å². The van der Waals surface area contributed by atoms with Gasteiger partial charge in [0.2, 0.25) is 0 Å². The van der Waals surface area contributed by atoms with Crippen molar-refractivity contribution in [3.8, 4) is 11.4 Å². The first-order chi connectivity index (χ1) is 12.8. The van der Waals surface area contributed by atoms with Crippen LogP contribution in [-0.4, -0.2) is 51.7 Å². The number of hydrogen-bond acceptors (Lipinski definition) is 5. The third-order valence-corrected chi connectivity index (χ3v) is 4.95. The fourth-order valence-electron chi connectivity index (χ4n) is 3.79. The Balaban J connectivity index is 1.43. The van der Waals surface area contributed by atoms with Gasteiger partial charge in [-0.3, -0.25) is 0 Å². The van der Waals surface area contributed by atoms with Crippen molar-refractivity contribution in [1.29, 1.82) is 0 Å². The summed E-state index contributed by atoms with van der Waals surface area (Å²) in [5, 5.41) is 0. The Morgan fingerprint density at radius 1 is 1.11 bits per heavy atom. The maximum Gasteiger partial charge on any atom is 0.410 e. The van der Waals surface area contributed by atoms with E-state index in [0.29, 0.717) is 18.4 Å². The summed E-state index contributed by atoms with van der Waals surface area (Å²) in [5.74, 6) is 0.0556. The molecule has 2 aliphatic rings. The fourth-order valence-corrected chi connectivity index (χ4v) is 3.79. The van der Waals surface area contributed by atoms with Gasteiger partial charge in [0, 0.05) is 30.4 Å². The molecular formula is C20H23FN4O2. The van der Waals surface area contributed by atoms with Crippen LogP contribution >= 0.6 is 0 Å². The van der Waals surface area contributed by atoms with Gasteiger partial charge in [-0.1, -0.05) is 0 Å². The van der Waals surface area contributed by atoms with Crippen LogP contribution in [0.25, 0.3) is 11.4 Å². The molecule has 1 aromatic carbocycles. The standard InChI is InChI=1S/C20H23FN4O2/c1-20(2,3)27-19(26)25-12-16-8-17(25)11-24(16)15-6-4-13(5-7-15)18-22-9-14(21)10-23-18/h4-7,9-10,16-17H,8,11-12H2,1-3H3/t16-,17-/m1/s1. The number of nitrogens with zero attached hydrogens (tertiary/aromatic N) is 4. The van der Waals surface area contributed by atoms with Gasteiger partial charge in [0.15, 0.2) is 11.6 Å². The Morgan fingerprint density at radius 2 is 1.78 bits per heavy atom. The summed E-state index contributed by atoms with van der Waals surface area (Å²) >= 11 is 0. The number of carbonyl (C=O) groups excluding carboxylic acids is 1. The van der Waals surface area contributed by atoms with E-state index in [1.54, 1.807) is 0 Å². The fraction of sp³-hybridized carbons (Fsp3) is 0.450. The van der Waals surface area contributed by atoms with Crippen LogP contribution in [0.4, 0.5) is 14.9 Å². The van der Waals surface area contributed by atoms with Crippen LogP contribution in [0.15, 0.2) is 36.7 Å². The molecule has 0 unspecified atom stereocenters. The molecule has 2 atom stereocenters. The number of anilines is 1. The second-order valence-corrected chi connectivity index (χ2v) is 8.10. The first kappa shape index (κ1) is 17.7. The number of halogens is 1. The normalized spacial score (nSPS) is 21.6. The molecule has 2 aliphatic heterocycles. The van der Waals surface area contributed by atoms with Crippen molar-refractivity contribution in [3.05, 3.63) is 42.5 Å². The SMILES string of the molecule is CC(C)(C)OC(=O)N1C[C@H]2C[C@@H]1CN2c1ccc(-c2ncc(F)cn2)cc1. The predicted octanol–water partition coefficient (Wildman–Crippen LogP) is 3.48. The zero-order chi connectivity index (χ0) is 19.2. The lowest BCUT2D eigenvalue weighted by atomic mass is 10.1. The topological polar surface area (TPSA) is 58.6 Å². The summed E-state index contributed by atoms with van der Waals surface area (Å²) in [6, 6.07) is 8.43. The number of hydrogen-bond donors (Lipinski definition) is 0. The van der Waals surface area contributed by atoms with E-state index in [9.17, 15) is 9.18 Å². The van der Waals surface area contributed by atoms with Crippen LogP contribution in [0.5, 0.6) is 0 Å². The number of likely N-dealkylation sites (tertiary alicyclic amines) is 1. The van der Waals surface area contributed by atoms with Gasteiger partial charge in [-0.25, -0.2) is 19.2 Å². The summed E-state index contributed by atoms with van der Waals surface area (Å²) in [6.07, 6.45) is 3.07. The minimum absolute atomic E-state index is 0.185. The second kappa shape index (κ2) is 6.48. The number of ether oxygens (including phenoxy) is 1. The predicted molar refractivity (Wildman–Crippen MR) is 99.9 cm³/mol. The van der Waals surface area contributed by atoms with Crippen molar-refractivity contribution in [2.24, 2.45) is 0 Å². The largest absolute Gasteiger partial charge is 0.444 e. The maximum atomic E-state index is 13.0. The summed E-state index contributed by atoms with van der Waals surface area (Å²) in [5.41, 5.74) is 1.48. The summed E-state index contributed by atoms with van der Waals surface area (Å²) in [7, 11) is 0. The van der Waals surface area contributed by atoms with E-state index in [0.717, 1.165) is 24.2 Å². The van der Waals surface area contributed by atoms with E-state index >= 15 is 0 Å². The van der Waals surface area contributed by atoms with E-state index in [1.165, 1.54) is 12.4 Å². The highest BCUT2D eigenvalue weighted by atomic mass is 19.1. The molecule has 4 rings (SSSR count). The molecule has 27 heavy (non-hydrogen) atoms. The van der Waals surface area contributed by atoms with E-state index in [4.69, 9.17) is 4.74 Å². The average Bonchev–Trinajstić information content (AvgIpc) is 3.22. The molecule has 2 bridgehead atoms. The van der Waals surface area contributed by atoms with E-state index < -0.39 is 11.4 Å². The van der Waals surface area contributed by atoms with Crippen LogP contribution in [-0.2, 0) is 4.74 Å². The van der Waals surface area contributed by atoms with E-state index in [-0.39, 0.29) is 12.1 Å². The average molecular weight is 370 g/mol. The highest BCUT2D eigenvalue weighted by Gasteiger charge is 2.46. The molecular weight excluding hydrogens is 347 g/mol. The Bertz CT molecular complexity index is 833. The van der Waals surface area contributed by atoms with Crippen LogP contribution in [0, 0.1) is 5.82 Å². The summed E-state index contributed by atoms with van der Waals surface area (Å²) in [6.45, 7) is 7.15.